The molecule has 1 N–H and O–H groups in total. The number of hydrogen-bond donors (Lipinski definition) is 1. The lowest BCUT2D eigenvalue weighted by atomic mass is 9.94. The van der Waals surface area contributed by atoms with Crippen molar-refractivity contribution in [2.24, 2.45) is 0 Å². The van der Waals surface area contributed by atoms with Crippen molar-refractivity contribution in [2.45, 2.75) is 12.5 Å². The van der Waals surface area contributed by atoms with Gasteiger partial charge in [0.15, 0.2) is 0 Å². The second-order valence-corrected chi connectivity index (χ2v) is 4.05. The van der Waals surface area contributed by atoms with E-state index in [1.54, 1.807) is 13.2 Å². The van der Waals surface area contributed by atoms with E-state index in [-0.39, 0.29) is 12.5 Å². The molecule has 0 saturated carbocycles. The summed E-state index contributed by atoms with van der Waals surface area (Å²) in [5, 5.41) is 9.17. The van der Waals surface area contributed by atoms with Gasteiger partial charge in [0, 0.05) is 6.20 Å². The van der Waals surface area contributed by atoms with Crippen molar-refractivity contribution in [1.29, 1.82) is 0 Å². The Balaban J connectivity index is 2.49. The van der Waals surface area contributed by atoms with Crippen LogP contribution in [0.4, 0.5) is 0 Å². The van der Waals surface area contributed by atoms with Crippen LogP contribution in [0.5, 0.6) is 0 Å². The van der Waals surface area contributed by atoms with Gasteiger partial charge in [-0.05, 0) is 17.7 Å². The van der Waals surface area contributed by atoms with Crippen LogP contribution in [0.3, 0.4) is 0 Å². The first-order chi connectivity index (χ1) is 9.21. The molecule has 0 radical (unpaired) electrons. The van der Waals surface area contributed by atoms with Crippen LogP contribution in [0.15, 0.2) is 36.3 Å². The zero-order valence-electron chi connectivity index (χ0n) is 10.8. The fourth-order valence-electron chi connectivity index (χ4n) is 2.05. The van der Waals surface area contributed by atoms with Crippen molar-refractivity contribution in [3.05, 3.63) is 53.1 Å². The molecule has 0 bridgehead atoms. The lowest BCUT2D eigenvalue weighted by Gasteiger charge is -2.16. The molecule has 0 amide bonds. The highest BCUT2D eigenvalue weighted by Crippen LogP contribution is 2.33. The van der Waals surface area contributed by atoms with Crippen molar-refractivity contribution < 1.29 is 19.4 Å². The Bertz CT molecular complexity index is 548. The Morgan fingerprint density at radius 1 is 1.47 bits per heavy atom. The summed E-state index contributed by atoms with van der Waals surface area (Å²) in [7, 11) is 2.90. The smallest absolute Gasteiger partial charge is 0.339 e. The molecule has 0 spiro atoms. The van der Waals surface area contributed by atoms with Crippen LogP contribution in [0.25, 0.3) is 0 Å². The van der Waals surface area contributed by atoms with Gasteiger partial charge < -0.3 is 14.6 Å². The van der Waals surface area contributed by atoms with Crippen LogP contribution in [0.2, 0.25) is 0 Å². The number of carbonyl (C=O) groups is 1. The second-order valence-electron chi connectivity index (χ2n) is 4.05. The molecule has 1 aromatic rings. The number of aromatic nitrogens is 1. The van der Waals surface area contributed by atoms with Gasteiger partial charge in [-0.3, -0.25) is 4.98 Å². The first-order valence-electron chi connectivity index (χ1n) is 5.81. The van der Waals surface area contributed by atoms with E-state index in [1.807, 2.05) is 18.2 Å². The SMILES string of the molecule is COC(=O)c1cnc(CO)cc1C1C=CC=C1OC. The molecule has 1 aliphatic rings. The number of aliphatic hydroxyl groups is 1. The van der Waals surface area contributed by atoms with Gasteiger partial charge in [-0.25, -0.2) is 4.79 Å². The summed E-state index contributed by atoms with van der Waals surface area (Å²) in [5.41, 5.74) is 1.59. The molecule has 5 heteroatoms. The van der Waals surface area contributed by atoms with E-state index in [2.05, 4.69) is 4.98 Å². The molecular weight excluding hydrogens is 246 g/mol. The third kappa shape index (κ3) is 2.51. The number of allylic oxidation sites excluding steroid dienone is 3. The summed E-state index contributed by atoms with van der Waals surface area (Å²) in [5.74, 6) is 0.121. The van der Waals surface area contributed by atoms with Crippen molar-refractivity contribution in [2.75, 3.05) is 14.2 Å². The van der Waals surface area contributed by atoms with Crippen LogP contribution < -0.4 is 0 Å². The molecule has 0 fully saturated rings. The van der Waals surface area contributed by atoms with E-state index in [9.17, 15) is 9.90 Å². The minimum atomic E-state index is -0.456. The van der Waals surface area contributed by atoms with Crippen LogP contribution in [-0.4, -0.2) is 30.3 Å². The standard InChI is InChI=1S/C14H15NO4/c1-18-13-5-3-4-10(13)11-6-9(8-16)15-7-12(11)14(17)19-2/h3-7,10,16H,8H2,1-2H3. The molecule has 19 heavy (non-hydrogen) atoms. The predicted molar refractivity (Wildman–Crippen MR) is 68.5 cm³/mol. The molecule has 0 saturated heterocycles. The van der Waals surface area contributed by atoms with E-state index in [0.717, 1.165) is 5.76 Å². The lowest BCUT2D eigenvalue weighted by molar-refractivity contribution is 0.0598. The Labute approximate surface area is 111 Å². The van der Waals surface area contributed by atoms with Gasteiger partial charge in [0.1, 0.15) is 5.76 Å². The summed E-state index contributed by atoms with van der Waals surface area (Å²) in [6, 6.07) is 1.69. The minimum absolute atomic E-state index is 0.160. The zero-order chi connectivity index (χ0) is 13.8. The van der Waals surface area contributed by atoms with Gasteiger partial charge in [-0.15, -0.1) is 0 Å². The highest BCUT2D eigenvalue weighted by Gasteiger charge is 2.24. The molecule has 2 rings (SSSR count). The molecule has 1 aromatic heterocycles. The fourth-order valence-corrected chi connectivity index (χ4v) is 2.05. The fraction of sp³-hybridized carbons (Fsp3) is 0.286. The summed E-state index contributed by atoms with van der Waals surface area (Å²) >= 11 is 0. The topological polar surface area (TPSA) is 68.7 Å². The summed E-state index contributed by atoms with van der Waals surface area (Å²) in [6.07, 6.45) is 7.04. The summed E-state index contributed by atoms with van der Waals surface area (Å²) < 4.78 is 10.0. The van der Waals surface area contributed by atoms with Gasteiger partial charge in [0.05, 0.1) is 38.0 Å². The number of esters is 1. The van der Waals surface area contributed by atoms with Gasteiger partial charge in [-0.1, -0.05) is 12.2 Å². The van der Waals surface area contributed by atoms with Crippen LogP contribution in [0.1, 0.15) is 27.5 Å². The van der Waals surface area contributed by atoms with Crippen LogP contribution >= 0.6 is 0 Å². The number of carbonyl (C=O) groups excluding carboxylic acids is 1. The molecular formula is C14H15NO4. The number of nitrogens with zero attached hydrogens (tertiary/aromatic N) is 1. The third-order valence-corrected chi connectivity index (χ3v) is 3.00. The van der Waals surface area contributed by atoms with Crippen LogP contribution in [-0.2, 0) is 16.1 Å². The molecule has 1 aliphatic carbocycles. The van der Waals surface area contributed by atoms with Crippen molar-refractivity contribution >= 4 is 5.97 Å². The Morgan fingerprint density at radius 3 is 2.89 bits per heavy atom. The highest BCUT2D eigenvalue weighted by molar-refractivity contribution is 5.91. The monoisotopic (exact) mass is 261 g/mol. The number of methoxy groups -OCH3 is 2. The van der Waals surface area contributed by atoms with E-state index >= 15 is 0 Å². The Morgan fingerprint density at radius 2 is 2.26 bits per heavy atom. The molecule has 1 unspecified atom stereocenters. The van der Waals surface area contributed by atoms with E-state index < -0.39 is 5.97 Å². The number of ether oxygens (including phenoxy) is 2. The average molecular weight is 261 g/mol. The highest BCUT2D eigenvalue weighted by atomic mass is 16.5. The predicted octanol–water partition coefficient (Wildman–Crippen LogP) is 1.54. The van der Waals surface area contributed by atoms with Gasteiger partial charge >= 0.3 is 5.97 Å². The minimum Gasteiger partial charge on any atom is -0.500 e. The number of pyridine rings is 1. The molecule has 5 nitrogen and oxygen atoms in total. The summed E-state index contributed by atoms with van der Waals surface area (Å²) in [4.78, 5) is 15.8. The number of rotatable bonds is 4. The quantitative estimate of drug-likeness (QED) is 0.833. The number of hydrogen-bond acceptors (Lipinski definition) is 5. The number of aliphatic hydroxyl groups excluding tert-OH is 1. The van der Waals surface area contributed by atoms with Gasteiger partial charge in [0.25, 0.3) is 0 Å². The third-order valence-electron chi connectivity index (χ3n) is 3.00. The maximum atomic E-state index is 11.8. The molecule has 1 heterocycles. The van der Waals surface area contributed by atoms with Crippen LogP contribution in [0, 0.1) is 0 Å². The lowest BCUT2D eigenvalue weighted by Crippen LogP contribution is -2.11. The molecule has 0 aromatic carbocycles. The Hall–Kier alpha value is -2.14. The average Bonchev–Trinajstić information content (AvgIpc) is 2.94. The summed E-state index contributed by atoms with van der Waals surface area (Å²) in [6.45, 7) is -0.184. The molecule has 0 aliphatic heterocycles. The largest absolute Gasteiger partial charge is 0.500 e. The van der Waals surface area contributed by atoms with Crippen molar-refractivity contribution in [1.82, 2.24) is 4.98 Å². The molecule has 1 atom stereocenters. The first kappa shape index (κ1) is 13.3. The Kier molecular flexibility index (Phi) is 3.97. The van der Waals surface area contributed by atoms with Crippen molar-refractivity contribution in [3.8, 4) is 0 Å². The van der Waals surface area contributed by atoms with Gasteiger partial charge in [-0.2, -0.15) is 0 Å². The van der Waals surface area contributed by atoms with E-state index in [0.29, 0.717) is 16.8 Å². The van der Waals surface area contributed by atoms with Gasteiger partial charge in [0.2, 0.25) is 0 Å². The van der Waals surface area contributed by atoms with E-state index in [1.165, 1.54) is 13.3 Å². The second kappa shape index (κ2) is 5.67. The van der Waals surface area contributed by atoms with E-state index in [4.69, 9.17) is 9.47 Å². The maximum Gasteiger partial charge on any atom is 0.339 e. The van der Waals surface area contributed by atoms with Crippen molar-refractivity contribution in [3.63, 3.8) is 0 Å². The molecule has 100 valence electrons. The first-order valence-corrected chi connectivity index (χ1v) is 5.81. The maximum absolute atomic E-state index is 11.8. The normalized spacial score (nSPS) is 17.2. The zero-order valence-corrected chi connectivity index (χ0v) is 10.8.